The van der Waals surface area contributed by atoms with Crippen LogP contribution in [0.1, 0.15) is 61.3 Å². The lowest BCUT2D eigenvalue weighted by molar-refractivity contribution is 0.578. The van der Waals surface area contributed by atoms with E-state index in [-0.39, 0.29) is 0 Å². The highest BCUT2D eigenvalue weighted by atomic mass is 32.2. The molecule has 0 aliphatic heterocycles. The zero-order valence-corrected chi connectivity index (χ0v) is 24.2. The third-order valence-corrected chi connectivity index (χ3v) is 8.38. The third-order valence-electron chi connectivity index (χ3n) is 7.04. The molecular weight excluding hydrogens is 515 g/mol. The molecule has 2 heterocycles. The molecule has 0 saturated carbocycles. The molecule has 3 aromatic carbocycles. The summed E-state index contributed by atoms with van der Waals surface area (Å²) in [4.78, 5) is 10.6. The number of aromatic nitrogens is 3. The minimum atomic E-state index is 0.910. The van der Waals surface area contributed by atoms with Crippen LogP contribution in [0.3, 0.4) is 0 Å². The molecule has 198 valence electrons. The van der Waals surface area contributed by atoms with E-state index in [0.717, 1.165) is 41.2 Å². The molecule has 0 radical (unpaired) electrons. The first kappa shape index (κ1) is 27.3. The molecule has 0 bridgehead atoms. The number of hydrogen-bond donors (Lipinski definition) is 0. The zero-order chi connectivity index (χ0) is 26.9. The van der Waals surface area contributed by atoms with E-state index in [9.17, 15) is 0 Å². The normalized spacial score (nSPS) is 11.2. The second kappa shape index (κ2) is 13.7. The molecule has 2 aromatic heterocycles. The van der Waals surface area contributed by atoms with E-state index < -0.39 is 0 Å². The van der Waals surface area contributed by atoms with E-state index in [2.05, 4.69) is 89.3 Å². The van der Waals surface area contributed by atoms with Crippen molar-refractivity contribution in [1.82, 2.24) is 14.5 Å². The summed E-state index contributed by atoms with van der Waals surface area (Å²) in [6.07, 6.45) is 11.0. The van der Waals surface area contributed by atoms with E-state index in [1.807, 2.05) is 30.2 Å². The van der Waals surface area contributed by atoms with E-state index in [1.165, 1.54) is 59.2 Å². The van der Waals surface area contributed by atoms with Gasteiger partial charge in [0.05, 0.1) is 11.0 Å². The molecule has 0 unspecified atom stereocenters. The van der Waals surface area contributed by atoms with Crippen molar-refractivity contribution in [2.24, 2.45) is 0 Å². The Bertz CT molecular complexity index is 1510. The van der Waals surface area contributed by atoms with Crippen LogP contribution in [0.4, 0.5) is 0 Å². The first-order chi connectivity index (χ1) is 19.2. The van der Waals surface area contributed by atoms with Gasteiger partial charge in [-0.2, -0.15) is 0 Å². The maximum atomic E-state index is 5.17. The van der Waals surface area contributed by atoms with Crippen molar-refractivity contribution in [2.75, 3.05) is 0 Å². The number of thioether (sulfide) groups is 1. The third kappa shape index (κ3) is 7.23. The zero-order valence-electron chi connectivity index (χ0n) is 22.6. The maximum Gasteiger partial charge on any atom is 0.141 e. The molecule has 5 heteroatoms. The van der Waals surface area contributed by atoms with E-state index >= 15 is 0 Å². The summed E-state index contributed by atoms with van der Waals surface area (Å²) in [5, 5.41) is 1.73. The van der Waals surface area contributed by atoms with Crippen LogP contribution < -0.4 is 0 Å². The summed E-state index contributed by atoms with van der Waals surface area (Å²) in [5.74, 6) is 1.97. The lowest BCUT2D eigenvalue weighted by Gasteiger charge is -2.11. The summed E-state index contributed by atoms with van der Waals surface area (Å²) in [6, 6.07) is 28.3. The average Bonchev–Trinajstić information content (AvgIpc) is 3.34. The summed E-state index contributed by atoms with van der Waals surface area (Å²) in [7, 11) is 0. The number of nitrogens with zero attached hydrogens (tertiary/aromatic N) is 3. The first-order valence-electron chi connectivity index (χ1n) is 13.9. The minimum Gasteiger partial charge on any atom is -0.324 e. The number of hydrogen-bond acceptors (Lipinski definition) is 4. The van der Waals surface area contributed by atoms with Gasteiger partial charge in [-0.25, -0.2) is 4.98 Å². The molecule has 3 nitrogen and oxygen atoms in total. The van der Waals surface area contributed by atoms with Crippen LogP contribution in [0, 0.1) is 0 Å². The summed E-state index contributed by atoms with van der Waals surface area (Å²) >= 11 is 7.03. The van der Waals surface area contributed by atoms with Crippen LogP contribution >= 0.6 is 24.0 Å². The Hall–Kier alpha value is -3.28. The van der Waals surface area contributed by atoms with E-state index in [1.54, 1.807) is 5.37 Å². The molecule has 0 fully saturated rings. The number of rotatable bonds is 13. The number of pyridine rings is 1. The van der Waals surface area contributed by atoms with Crippen LogP contribution in [-0.2, 0) is 18.7 Å². The number of benzene rings is 3. The SMILES string of the molecule is CCCCCCCn1c(-c2ccc(Cc3cccc(SCc4cccnc4)c3)cc2)nc2cc(C=S)ccc21. The van der Waals surface area contributed by atoms with Gasteiger partial charge in [-0.15, -0.1) is 11.8 Å². The van der Waals surface area contributed by atoms with Crippen molar-refractivity contribution in [3.05, 3.63) is 114 Å². The summed E-state index contributed by atoms with van der Waals surface area (Å²) in [5.41, 5.74) is 8.27. The van der Waals surface area contributed by atoms with Crippen molar-refractivity contribution < 1.29 is 0 Å². The lowest BCUT2D eigenvalue weighted by atomic mass is 10.0. The van der Waals surface area contributed by atoms with Crippen molar-refractivity contribution in [3.8, 4) is 11.4 Å². The fraction of sp³-hybridized carbons (Fsp3) is 0.265. The molecule has 5 aromatic rings. The van der Waals surface area contributed by atoms with E-state index in [4.69, 9.17) is 17.2 Å². The standard InChI is InChI=1S/C34H35N3S2/c1-2-3-4-5-6-19-37-33-17-14-28(24-38)22-32(33)36-34(37)30-15-12-26(13-16-30)20-27-9-7-11-31(21-27)39-25-29-10-8-18-35-23-29/h7-18,21-24H,2-6,19-20,25H2,1H3. The summed E-state index contributed by atoms with van der Waals surface area (Å²) < 4.78 is 2.40. The Kier molecular flexibility index (Phi) is 9.57. The topological polar surface area (TPSA) is 30.7 Å². The van der Waals surface area contributed by atoms with Gasteiger partial charge in [0.1, 0.15) is 5.82 Å². The molecule has 0 aliphatic carbocycles. The maximum absolute atomic E-state index is 5.17. The highest BCUT2D eigenvalue weighted by Crippen LogP contribution is 2.28. The Morgan fingerprint density at radius 2 is 1.69 bits per heavy atom. The quantitative estimate of drug-likeness (QED) is 0.0832. The predicted octanol–water partition coefficient (Wildman–Crippen LogP) is 9.30. The van der Waals surface area contributed by atoms with Gasteiger partial charge in [0.2, 0.25) is 0 Å². The van der Waals surface area contributed by atoms with Gasteiger partial charge in [-0.1, -0.05) is 93.4 Å². The van der Waals surface area contributed by atoms with Crippen molar-refractivity contribution in [1.29, 1.82) is 0 Å². The van der Waals surface area contributed by atoms with Gasteiger partial charge in [0.15, 0.2) is 0 Å². The highest BCUT2D eigenvalue weighted by molar-refractivity contribution is 7.98. The molecule has 0 saturated heterocycles. The Balaban J connectivity index is 1.31. The molecule has 0 spiro atoms. The second-order valence-corrected chi connectivity index (χ2v) is 11.3. The highest BCUT2D eigenvalue weighted by Gasteiger charge is 2.13. The Labute approximate surface area is 241 Å². The Morgan fingerprint density at radius 3 is 2.49 bits per heavy atom. The van der Waals surface area contributed by atoms with Gasteiger partial charge >= 0.3 is 0 Å². The van der Waals surface area contributed by atoms with Gasteiger partial charge in [-0.05, 0) is 65.4 Å². The van der Waals surface area contributed by atoms with Crippen LogP contribution in [0.2, 0.25) is 0 Å². The predicted molar refractivity (Wildman–Crippen MR) is 170 cm³/mol. The first-order valence-corrected chi connectivity index (χ1v) is 15.3. The molecular formula is C34H35N3S2. The number of imidazole rings is 1. The van der Waals surface area contributed by atoms with Crippen molar-refractivity contribution >= 4 is 40.4 Å². The number of aryl methyl sites for hydroxylation is 1. The fourth-order valence-corrected chi connectivity index (χ4v) is 6.00. The molecule has 0 atom stereocenters. The van der Waals surface area contributed by atoms with Gasteiger partial charge in [-0.3, -0.25) is 4.98 Å². The van der Waals surface area contributed by atoms with Crippen LogP contribution in [0.15, 0.2) is 96.2 Å². The minimum absolute atomic E-state index is 0.910. The van der Waals surface area contributed by atoms with Gasteiger partial charge in [0, 0.05) is 40.5 Å². The van der Waals surface area contributed by atoms with Gasteiger partial charge in [0.25, 0.3) is 0 Å². The molecule has 0 aliphatic rings. The van der Waals surface area contributed by atoms with Crippen molar-refractivity contribution in [3.63, 3.8) is 0 Å². The molecule has 5 rings (SSSR count). The molecule has 0 N–H and O–H groups in total. The Morgan fingerprint density at radius 1 is 0.846 bits per heavy atom. The van der Waals surface area contributed by atoms with Crippen LogP contribution in [0.25, 0.3) is 22.4 Å². The van der Waals surface area contributed by atoms with E-state index in [0.29, 0.717) is 0 Å². The van der Waals surface area contributed by atoms with Crippen molar-refractivity contribution in [2.45, 2.75) is 62.6 Å². The monoisotopic (exact) mass is 549 g/mol. The van der Waals surface area contributed by atoms with Crippen LogP contribution in [0.5, 0.6) is 0 Å². The smallest absolute Gasteiger partial charge is 0.141 e. The average molecular weight is 550 g/mol. The molecule has 39 heavy (non-hydrogen) atoms. The largest absolute Gasteiger partial charge is 0.324 e. The number of thiocarbonyl (C=S) groups is 1. The second-order valence-electron chi connectivity index (χ2n) is 10.0. The van der Waals surface area contributed by atoms with Crippen LogP contribution in [-0.4, -0.2) is 19.9 Å². The number of unbranched alkanes of at least 4 members (excludes halogenated alkanes) is 4. The lowest BCUT2D eigenvalue weighted by Crippen LogP contribution is -2.01. The van der Waals surface area contributed by atoms with Gasteiger partial charge < -0.3 is 4.57 Å². The number of fused-ring (bicyclic) bond motifs is 1. The summed E-state index contributed by atoms with van der Waals surface area (Å²) in [6.45, 7) is 3.25. The molecule has 0 amide bonds. The fourth-order valence-electron chi connectivity index (χ4n) is 4.94.